The van der Waals surface area contributed by atoms with Gasteiger partial charge in [-0.2, -0.15) is 0 Å². The highest BCUT2D eigenvalue weighted by atomic mass is 32.2. The van der Waals surface area contributed by atoms with Crippen molar-refractivity contribution >= 4 is 28.4 Å². The second kappa shape index (κ2) is 9.97. The Morgan fingerprint density at radius 1 is 0.971 bits per heavy atom. The van der Waals surface area contributed by atoms with Crippen molar-refractivity contribution in [3.63, 3.8) is 0 Å². The number of nitrogens with zero attached hydrogens (tertiary/aromatic N) is 3. The predicted molar refractivity (Wildman–Crippen MR) is 134 cm³/mol. The molecule has 0 aliphatic heterocycles. The summed E-state index contributed by atoms with van der Waals surface area (Å²) < 4.78 is 7.54. The average molecular weight is 469 g/mol. The number of carbonyl (C=O) groups is 1. The lowest BCUT2D eigenvalue weighted by Crippen LogP contribution is -2.28. The lowest BCUT2D eigenvalue weighted by atomic mass is 10.0. The Morgan fingerprint density at radius 3 is 2.56 bits per heavy atom. The molecule has 1 atom stereocenters. The first-order valence-corrected chi connectivity index (χ1v) is 12.1. The summed E-state index contributed by atoms with van der Waals surface area (Å²) >= 11 is 1.37. The van der Waals surface area contributed by atoms with E-state index in [0.717, 1.165) is 16.5 Å². The fourth-order valence-electron chi connectivity index (χ4n) is 3.87. The van der Waals surface area contributed by atoms with E-state index in [-0.39, 0.29) is 17.7 Å². The largest absolute Gasteiger partial charge is 0.461 e. The molecule has 5 aromatic rings. The molecule has 0 aliphatic carbocycles. The van der Waals surface area contributed by atoms with E-state index in [0.29, 0.717) is 23.3 Å². The van der Waals surface area contributed by atoms with Crippen LogP contribution in [0.4, 0.5) is 0 Å². The number of carbonyl (C=O) groups excluding carboxylic acids is 1. The van der Waals surface area contributed by atoms with Gasteiger partial charge in [0.1, 0.15) is 0 Å². The Morgan fingerprint density at radius 2 is 1.76 bits per heavy atom. The van der Waals surface area contributed by atoms with Gasteiger partial charge in [0.05, 0.1) is 24.6 Å². The monoisotopic (exact) mass is 468 g/mol. The summed E-state index contributed by atoms with van der Waals surface area (Å²) in [5.74, 6) is 1.47. The second-order valence-electron chi connectivity index (χ2n) is 8.04. The van der Waals surface area contributed by atoms with Gasteiger partial charge in [0.2, 0.25) is 11.7 Å². The van der Waals surface area contributed by atoms with Gasteiger partial charge in [-0.15, -0.1) is 10.2 Å². The maximum Gasteiger partial charge on any atom is 0.230 e. The van der Waals surface area contributed by atoms with Gasteiger partial charge in [-0.05, 0) is 47.0 Å². The van der Waals surface area contributed by atoms with Crippen LogP contribution in [0.5, 0.6) is 0 Å². The van der Waals surface area contributed by atoms with Crippen LogP contribution in [0.1, 0.15) is 24.1 Å². The minimum atomic E-state index is -0.0985. The van der Waals surface area contributed by atoms with E-state index in [2.05, 4.69) is 58.0 Å². The Balaban J connectivity index is 1.28. The first kappa shape index (κ1) is 22.0. The van der Waals surface area contributed by atoms with Gasteiger partial charge in [0, 0.05) is 0 Å². The number of nitrogens with one attached hydrogen (secondary N) is 1. The Labute approximate surface area is 202 Å². The molecule has 2 heterocycles. The summed E-state index contributed by atoms with van der Waals surface area (Å²) in [7, 11) is 0. The van der Waals surface area contributed by atoms with Crippen molar-refractivity contribution in [1.82, 2.24) is 20.1 Å². The number of benzene rings is 3. The number of hydrogen-bond acceptors (Lipinski definition) is 5. The van der Waals surface area contributed by atoms with Gasteiger partial charge in [-0.3, -0.25) is 9.36 Å². The highest BCUT2D eigenvalue weighted by Crippen LogP contribution is 2.26. The maximum absolute atomic E-state index is 12.8. The number of hydrogen-bond donors (Lipinski definition) is 1. The minimum Gasteiger partial charge on any atom is -0.461 e. The summed E-state index contributed by atoms with van der Waals surface area (Å²) in [5, 5.41) is 14.8. The molecule has 34 heavy (non-hydrogen) atoms. The summed E-state index contributed by atoms with van der Waals surface area (Å²) in [6.07, 6.45) is 1.62. The molecule has 0 saturated heterocycles. The molecule has 3 aromatic carbocycles. The zero-order valence-electron chi connectivity index (χ0n) is 18.7. The molecule has 7 heteroatoms. The van der Waals surface area contributed by atoms with Gasteiger partial charge in [-0.25, -0.2) is 0 Å². The van der Waals surface area contributed by atoms with Crippen LogP contribution in [-0.2, 0) is 11.3 Å². The number of rotatable bonds is 8. The molecule has 0 bridgehead atoms. The van der Waals surface area contributed by atoms with Crippen molar-refractivity contribution in [2.75, 3.05) is 5.75 Å². The molecule has 0 fully saturated rings. The molecule has 2 aromatic heterocycles. The van der Waals surface area contributed by atoms with E-state index in [1.54, 1.807) is 6.26 Å². The van der Waals surface area contributed by atoms with Gasteiger partial charge in [0.25, 0.3) is 0 Å². The Kier molecular flexibility index (Phi) is 6.44. The Hall–Kier alpha value is -3.84. The first-order valence-electron chi connectivity index (χ1n) is 11.1. The molecule has 5 rings (SSSR count). The van der Waals surface area contributed by atoms with E-state index in [1.165, 1.54) is 17.1 Å². The van der Waals surface area contributed by atoms with Gasteiger partial charge in [-0.1, -0.05) is 78.5 Å². The predicted octanol–water partition coefficient (Wildman–Crippen LogP) is 5.71. The molecular weight excluding hydrogens is 444 g/mol. The number of thioether (sulfide) groups is 1. The van der Waals surface area contributed by atoms with Crippen LogP contribution >= 0.6 is 11.8 Å². The van der Waals surface area contributed by atoms with Crippen molar-refractivity contribution in [3.05, 3.63) is 102 Å². The second-order valence-corrected chi connectivity index (χ2v) is 8.98. The van der Waals surface area contributed by atoms with Crippen LogP contribution < -0.4 is 5.32 Å². The van der Waals surface area contributed by atoms with Crippen molar-refractivity contribution in [2.45, 2.75) is 24.7 Å². The third-order valence-electron chi connectivity index (χ3n) is 5.63. The van der Waals surface area contributed by atoms with Gasteiger partial charge < -0.3 is 9.73 Å². The lowest BCUT2D eigenvalue weighted by molar-refractivity contribution is -0.119. The van der Waals surface area contributed by atoms with E-state index in [9.17, 15) is 4.79 Å². The molecule has 1 unspecified atom stereocenters. The summed E-state index contributed by atoms with van der Waals surface area (Å²) in [5.41, 5.74) is 2.19. The van der Waals surface area contributed by atoms with Crippen molar-refractivity contribution in [3.8, 4) is 11.6 Å². The van der Waals surface area contributed by atoms with E-state index < -0.39 is 0 Å². The third kappa shape index (κ3) is 4.89. The van der Waals surface area contributed by atoms with E-state index in [1.807, 2.05) is 54.0 Å². The number of amides is 1. The Bertz CT molecular complexity index is 1400. The van der Waals surface area contributed by atoms with Crippen molar-refractivity contribution < 1.29 is 9.21 Å². The summed E-state index contributed by atoms with van der Waals surface area (Å²) in [6.45, 7) is 2.58. The van der Waals surface area contributed by atoms with Crippen molar-refractivity contribution in [2.24, 2.45) is 0 Å². The highest BCUT2D eigenvalue weighted by Gasteiger charge is 2.18. The highest BCUT2D eigenvalue weighted by molar-refractivity contribution is 7.99. The third-order valence-corrected chi connectivity index (χ3v) is 6.59. The molecule has 0 aliphatic rings. The maximum atomic E-state index is 12.8. The summed E-state index contributed by atoms with van der Waals surface area (Å²) in [4.78, 5) is 12.8. The van der Waals surface area contributed by atoms with Crippen LogP contribution in [0.2, 0.25) is 0 Å². The zero-order chi connectivity index (χ0) is 23.3. The molecule has 0 spiro atoms. The minimum absolute atomic E-state index is 0.0560. The zero-order valence-corrected chi connectivity index (χ0v) is 19.5. The fourth-order valence-corrected chi connectivity index (χ4v) is 4.61. The standard InChI is InChI=1S/C27H24N4O2S/c1-19(22-14-13-21-10-5-6-11-23(21)16-22)28-25(32)18-34-27-30-29-26(24-12-7-15-33-24)31(27)17-20-8-3-2-4-9-20/h2-16,19H,17-18H2,1H3,(H,28,32). The van der Waals surface area contributed by atoms with Crippen molar-refractivity contribution in [1.29, 1.82) is 0 Å². The van der Waals surface area contributed by atoms with Crippen LogP contribution in [0, 0.1) is 0 Å². The molecular formula is C27H24N4O2S. The lowest BCUT2D eigenvalue weighted by Gasteiger charge is -2.15. The van der Waals surface area contributed by atoms with E-state index in [4.69, 9.17) is 4.42 Å². The fraction of sp³-hybridized carbons (Fsp3) is 0.148. The van der Waals surface area contributed by atoms with Crippen LogP contribution in [0.25, 0.3) is 22.4 Å². The quantitative estimate of drug-likeness (QED) is 0.295. The molecule has 1 N–H and O–H groups in total. The first-order chi connectivity index (χ1) is 16.7. The van der Waals surface area contributed by atoms with Gasteiger partial charge >= 0.3 is 0 Å². The molecule has 170 valence electrons. The molecule has 1 amide bonds. The van der Waals surface area contributed by atoms with Crippen LogP contribution in [0.3, 0.4) is 0 Å². The SMILES string of the molecule is CC(NC(=O)CSc1nnc(-c2ccco2)n1Cc1ccccc1)c1ccc2ccccc2c1. The van der Waals surface area contributed by atoms with Crippen LogP contribution in [0.15, 0.2) is 101 Å². The molecule has 6 nitrogen and oxygen atoms in total. The number of fused-ring (bicyclic) bond motifs is 1. The van der Waals surface area contributed by atoms with Gasteiger partial charge in [0.15, 0.2) is 10.9 Å². The molecule has 0 radical (unpaired) electrons. The van der Waals surface area contributed by atoms with Crippen LogP contribution in [-0.4, -0.2) is 26.4 Å². The number of aromatic nitrogens is 3. The average Bonchev–Trinajstić information content (AvgIpc) is 3.53. The molecule has 0 saturated carbocycles. The summed E-state index contributed by atoms with van der Waals surface area (Å²) in [6, 6.07) is 28.2. The smallest absolute Gasteiger partial charge is 0.230 e. The number of furan rings is 1. The topological polar surface area (TPSA) is 73.0 Å². The van der Waals surface area contributed by atoms with E-state index >= 15 is 0 Å². The normalized spacial score (nSPS) is 12.0.